The highest BCUT2D eigenvalue weighted by atomic mass is 15.2. The quantitative estimate of drug-likeness (QED) is 0.104. The molecule has 0 saturated heterocycles. The molecule has 8 nitrogen and oxygen atoms in total. The molecule has 0 atom stereocenters. The summed E-state index contributed by atoms with van der Waals surface area (Å²) in [7, 11) is 0. The molecule has 1 saturated carbocycles. The molecule has 44 heavy (non-hydrogen) atoms. The van der Waals surface area contributed by atoms with Crippen LogP contribution in [0.5, 0.6) is 0 Å². The van der Waals surface area contributed by atoms with E-state index < -0.39 is 0 Å². The third-order valence-electron chi connectivity index (χ3n) is 8.27. The number of benzene rings is 2. The molecule has 2 heterocycles. The van der Waals surface area contributed by atoms with Gasteiger partial charge in [0.15, 0.2) is 0 Å². The van der Waals surface area contributed by atoms with Gasteiger partial charge >= 0.3 is 0 Å². The number of hydrogen-bond acceptors (Lipinski definition) is 8. The van der Waals surface area contributed by atoms with Gasteiger partial charge < -0.3 is 21.3 Å². The van der Waals surface area contributed by atoms with Crippen LogP contribution in [0.25, 0.3) is 0 Å². The second-order valence-corrected chi connectivity index (χ2v) is 11.6. The minimum atomic E-state index is 0.131. The standard InChI is InChI=1S/C36H48N8/c1-5-19-37-29-23-27(41-35(43-29)39-21-7-3)33-31(25-15-11-9-12-16-25)34(32(33)26-17-13-10-14-18-26)28-24-30(38-20-6-2)44-36(42-28)40-22-8-4/h9-18,23-24,31-34H,5-8,19-22H2,1-4H3,(H2,37,39,41,43)(H2,38,40,42,44). The topological polar surface area (TPSA) is 99.7 Å². The van der Waals surface area contributed by atoms with Crippen molar-refractivity contribution in [2.75, 3.05) is 47.4 Å². The summed E-state index contributed by atoms with van der Waals surface area (Å²) in [5, 5.41) is 14.0. The number of anilines is 4. The maximum absolute atomic E-state index is 5.18. The summed E-state index contributed by atoms with van der Waals surface area (Å²) in [5.41, 5.74) is 4.70. The average molecular weight is 593 g/mol. The number of hydrogen-bond donors (Lipinski definition) is 4. The maximum Gasteiger partial charge on any atom is 0.224 e. The van der Waals surface area contributed by atoms with Crippen molar-refractivity contribution in [1.29, 1.82) is 0 Å². The van der Waals surface area contributed by atoms with E-state index in [9.17, 15) is 0 Å². The Morgan fingerprint density at radius 3 is 1.18 bits per heavy atom. The second kappa shape index (κ2) is 15.5. The lowest BCUT2D eigenvalue weighted by molar-refractivity contribution is 0.220. The molecule has 1 aliphatic rings. The number of nitrogens with one attached hydrogen (secondary N) is 4. The van der Waals surface area contributed by atoms with Gasteiger partial charge in [-0.1, -0.05) is 88.4 Å². The van der Waals surface area contributed by atoms with Crippen molar-refractivity contribution < 1.29 is 0 Å². The van der Waals surface area contributed by atoms with Gasteiger partial charge in [-0.15, -0.1) is 0 Å². The molecule has 0 radical (unpaired) electrons. The minimum absolute atomic E-state index is 0.131. The van der Waals surface area contributed by atoms with E-state index in [0.717, 1.165) is 74.9 Å². The van der Waals surface area contributed by atoms with Crippen molar-refractivity contribution in [3.8, 4) is 0 Å². The van der Waals surface area contributed by atoms with Crippen LogP contribution in [0.3, 0.4) is 0 Å². The highest BCUT2D eigenvalue weighted by Crippen LogP contribution is 2.66. The zero-order chi connectivity index (χ0) is 30.7. The minimum Gasteiger partial charge on any atom is -0.370 e. The fourth-order valence-corrected chi connectivity index (χ4v) is 6.26. The highest BCUT2D eigenvalue weighted by Gasteiger charge is 2.54. The van der Waals surface area contributed by atoms with Gasteiger partial charge in [0.1, 0.15) is 11.6 Å². The second-order valence-electron chi connectivity index (χ2n) is 11.6. The summed E-state index contributed by atoms with van der Waals surface area (Å²) in [6.45, 7) is 12.1. The first-order valence-corrected chi connectivity index (χ1v) is 16.5. The molecule has 5 rings (SSSR count). The van der Waals surface area contributed by atoms with Crippen molar-refractivity contribution >= 4 is 23.5 Å². The molecule has 4 N–H and O–H groups in total. The smallest absolute Gasteiger partial charge is 0.224 e. The monoisotopic (exact) mass is 592 g/mol. The van der Waals surface area contributed by atoms with Gasteiger partial charge in [-0.2, -0.15) is 9.97 Å². The SMILES string of the molecule is CCCNc1cc(C2C(c3ccccc3)C(c3cc(NCCC)nc(NCCC)n3)C2c2ccccc2)nc(NCCC)n1. The molecular formula is C36H48N8. The lowest BCUT2D eigenvalue weighted by Crippen LogP contribution is -2.41. The van der Waals surface area contributed by atoms with Crippen molar-refractivity contribution in [1.82, 2.24) is 19.9 Å². The predicted octanol–water partition coefficient (Wildman–Crippen LogP) is 8.00. The van der Waals surface area contributed by atoms with Gasteiger partial charge in [0.2, 0.25) is 11.9 Å². The van der Waals surface area contributed by atoms with Crippen LogP contribution < -0.4 is 21.3 Å². The zero-order valence-corrected chi connectivity index (χ0v) is 26.7. The molecule has 0 aliphatic heterocycles. The third-order valence-corrected chi connectivity index (χ3v) is 8.27. The molecule has 1 fully saturated rings. The van der Waals surface area contributed by atoms with Gasteiger partial charge in [-0.25, -0.2) is 9.97 Å². The molecule has 2 aromatic heterocycles. The normalized spacial score (nSPS) is 19.2. The maximum atomic E-state index is 5.18. The first kappa shape index (κ1) is 31.2. The Bertz CT molecular complexity index is 1270. The van der Waals surface area contributed by atoms with Crippen LogP contribution in [0.4, 0.5) is 23.5 Å². The van der Waals surface area contributed by atoms with Crippen LogP contribution in [-0.2, 0) is 0 Å². The summed E-state index contributed by atoms with van der Waals surface area (Å²) < 4.78 is 0. The number of aromatic nitrogens is 4. The zero-order valence-electron chi connectivity index (χ0n) is 26.7. The first-order chi connectivity index (χ1) is 21.7. The van der Waals surface area contributed by atoms with Crippen molar-refractivity contribution in [2.45, 2.75) is 77.0 Å². The highest BCUT2D eigenvalue weighted by molar-refractivity contribution is 5.52. The van der Waals surface area contributed by atoms with E-state index in [1.165, 1.54) is 11.1 Å². The van der Waals surface area contributed by atoms with Gasteiger partial charge in [0.25, 0.3) is 0 Å². The summed E-state index contributed by atoms with van der Waals surface area (Å²) in [6, 6.07) is 26.1. The van der Waals surface area contributed by atoms with Gasteiger partial charge in [0.05, 0.1) is 11.4 Å². The molecule has 8 heteroatoms. The van der Waals surface area contributed by atoms with Crippen LogP contribution >= 0.6 is 0 Å². The Balaban J connectivity index is 1.67. The van der Waals surface area contributed by atoms with E-state index >= 15 is 0 Å². The fraction of sp³-hybridized carbons (Fsp3) is 0.444. The molecular weight excluding hydrogens is 544 g/mol. The van der Waals surface area contributed by atoms with Gasteiger partial charge in [0, 0.05) is 62.0 Å². The Morgan fingerprint density at radius 1 is 0.455 bits per heavy atom. The van der Waals surface area contributed by atoms with E-state index in [-0.39, 0.29) is 23.7 Å². The molecule has 0 unspecified atom stereocenters. The van der Waals surface area contributed by atoms with Gasteiger partial charge in [-0.3, -0.25) is 0 Å². The predicted molar refractivity (Wildman–Crippen MR) is 183 cm³/mol. The third kappa shape index (κ3) is 7.29. The molecule has 4 aromatic rings. The summed E-state index contributed by atoms with van der Waals surface area (Å²) >= 11 is 0. The molecule has 2 aromatic carbocycles. The Hall–Kier alpha value is -4.20. The van der Waals surface area contributed by atoms with Crippen LogP contribution in [0.15, 0.2) is 72.8 Å². The Kier molecular flexibility index (Phi) is 11.0. The summed E-state index contributed by atoms with van der Waals surface area (Å²) in [4.78, 5) is 20.0. The van der Waals surface area contributed by atoms with Crippen LogP contribution in [0.2, 0.25) is 0 Å². The van der Waals surface area contributed by atoms with E-state index in [0.29, 0.717) is 11.9 Å². The van der Waals surface area contributed by atoms with E-state index in [4.69, 9.17) is 19.9 Å². The molecule has 0 spiro atoms. The summed E-state index contributed by atoms with van der Waals surface area (Å²) in [5.74, 6) is 3.71. The lowest BCUT2D eigenvalue weighted by Gasteiger charge is -2.52. The van der Waals surface area contributed by atoms with Crippen molar-refractivity contribution in [3.05, 3.63) is 95.3 Å². The fourth-order valence-electron chi connectivity index (χ4n) is 6.26. The van der Waals surface area contributed by atoms with Crippen LogP contribution in [-0.4, -0.2) is 46.1 Å². The first-order valence-electron chi connectivity index (χ1n) is 16.5. The van der Waals surface area contributed by atoms with Crippen LogP contribution in [0.1, 0.15) is 99.6 Å². The number of rotatable bonds is 16. The average Bonchev–Trinajstić information content (AvgIpc) is 3.05. The van der Waals surface area contributed by atoms with Crippen LogP contribution in [0, 0.1) is 0 Å². The van der Waals surface area contributed by atoms with Gasteiger partial charge in [-0.05, 0) is 36.8 Å². The van der Waals surface area contributed by atoms with Crippen molar-refractivity contribution in [2.24, 2.45) is 0 Å². The summed E-state index contributed by atoms with van der Waals surface area (Å²) in [6.07, 6.45) is 4.07. The van der Waals surface area contributed by atoms with E-state index in [1.807, 2.05) is 0 Å². The number of nitrogens with zero attached hydrogens (tertiary/aromatic N) is 4. The Labute approximate surface area is 263 Å². The molecule has 1 aliphatic carbocycles. The Morgan fingerprint density at radius 2 is 0.818 bits per heavy atom. The van der Waals surface area contributed by atoms with E-state index in [2.05, 4.69) is 122 Å². The molecule has 0 amide bonds. The molecule has 232 valence electrons. The van der Waals surface area contributed by atoms with Crippen molar-refractivity contribution in [3.63, 3.8) is 0 Å². The largest absolute Gasteiger partial charge is 0.370 e. The lowest BCUT2D eigenvalue weighted by atomic mass is 9.50. The molecule has 0 bridgehead atoms. The van der Waals surface area contributed by atoms with E-state index in [1.54, 1.807) is 0 Å².